The van der Waals surface area contributed by atoms with E-state index >= 15 is 0 Å². The topological polar surface area (TPSA) is 115 Å². The number of likely N-dealkylation sites (N-methyl/N-ethyl adjacent to an activating group) is 1. The predicted molar refractivity (Wildman–Crippen MR) is 128 cm³/mol. The highest BCUT2D eigenvalue weighted by atomic mass is 32.2. The number of rotatable bonds is 8. The summed E-state index contributed by atoms with van der Waals surface area (Å²) in [5.41, 5.74) is 0.724. The van der Waals surface area contributed by atoms with Crippen LogP contribution in [0.3, 0.4) is 0 Å². The van der Waals surface area contributed by atoms with Gasteiger partial charge in [-0.3, -0.25) is 4.90 Å². The van der Waals surface area contributed by atoms with Crippen LogP contribution in [0.25, 0.3) is 0 Å². The van der Waals surface area contributed by atoms with Gasteiger partial charge in [-0.1, -0.05) is 12.1 Å². The van der Waals surface area contributed by atoms with Crippen molar-refractivity contribution in [3.05, 3.63) is 72.4 Å². The van der Waals surface area contributed by atoms with Crippen molar-refractivity contribution < 1.29 is 23.4 Å². The van der Waals surface area contributed by atoms with Gasteiger partial charge in [-0.05, 0) is 55.1 Å². The van der Waals surface area contributed by atoms with Crippen LogP contribution in [0.15, 0.2) is 71.8 Å². The molecule has 0 radical (unpaired) electrons. The molecule has 4 rings (SSSR count). The summed E-state index contributed by atoms with van der Waals surface area (Å²) in [6, 6.07) is 15.7. The molecule has 0 aliphatic carbocycles. The van der Waals surface area contributed by atoms with Crippen molar-refractivity contribution in [2.45, 2.75) is 10.9 Å². The van der Waals surface area contributed by atoms with Gasteiger partial charge in [0, 0.05) is 51.0 Å². The third-order valence-electron chi connectivity index (χ3n) is 5.82. The van der Waals surface area contributed by atoms with E-state index in [9.17, 15) is 18.6 Å². The largest absolute Gasteiger partial charge is 0.504 e. The molecule has 1 aliphatic heterocycles. The van der Waals surface area contributed by atoms with E-state index in [-0.39, 0.29) is 29.0 Å². The molecule has 1 fully saturated rings. The number of aromatic hydroxyl groups is 2. The summed E-state index contributed by atoms with van der Waals surface area (Å²) in [5.74, 6) is 0.452. The Kier molecular flexibility index (Phi) is 7.32. The third-order valence-corrected chi connectivity index (χ3v) is 7.26. The third kappa shape index (κ3) is 5.84. The second-order valence-electron chi connectivity index (χ2n) is 8.20. The van der Waals surface area contributed by atoms with Crippen molar-refractivity contribution in [1.29, 1.82) is 0 Å². The number of phenolic OH excluding ortho intramolecular Hbond substituents is 2. The van der Waals surface area contributed by atoms with E-state index in [1.54, 1.807) is 42.6 Å². The lowest BCUT2D eigenvalue weighted by Gasteiger charge is -2.38. The van der Waals surface area contributed by atoms with Gasteiger partial charge in [-0.25, -0.2) is 18.1 Å². The highest BCUT2D eigenvalue weighted by molar-refractivity contribution is 7.89. The van der Waals surface area contributed by atoms with Crippen LogP contribution in [0.4, 0.5) is 0 Å². The summed E-state index contributed by atoms with van der Waals surface area (Å²) in [5, 5.41) is 19.7. The van der Waals surface area contributed by atoms with Gasteiger partial charge < -0.3 is 19.8 Å². The Hall–Kier alpha value is -3.18. The summed E-state index contributed by atoms with van der Waals surface area (Å²) < 4.78 is 34.4. The molecule has 1 unspecified atom stereocenters. The Morgan fingerprint density at radius 3 is 2.38 bits per heavy atom. The van der Waals surface area contributed by atoms with Crippen molar-refractivity contribution in [2.24, 2.45) is 0 Å². The molecule has 0 spiro atoms. The number of piperazine rings is 1. The maximum absolute atomic E-state index is 13.0. The first-order chi connectivity index (χ1) is 16.3. The van der Waals surface area contributed by atoms with Gasteiger partial charge >= 0.3 is 0 Å². The Balaban J connectivity index is 1.48. The van der Waals surface area contributed by atoms with Crippen molar-refractivity contribution >= 4 is 10.0 Å². The zero-order chi connectivity index (χ0) is 24.1. The van der Waals surface area contributed by atoms with Gasteiger partial charge in [-0.15, -0.1) is 0 Å². The first-order valence-electron chi connectivity index (χ1n) is 10.9. The number of pyridine rings is 1. The Labute approximate surface area is 199 Å². The fraction of sp³-hybridized carbons (Fsp3) is 0.292. The number of sulfonamides is 1. The average molecular weight is 485 g/mol. The molecule has 2 aromatic carbocycles. The lowest BCUT2D eigenvalue weighted by Crippen LogP contribution is -2.48. The van der Waals surface area contributed by atoms with E-state index in [0.717, 1.165) is 31.7 Å². The van der Waals surface area contributed by atoms with Crippen LogP contribution in [0.1, 0.15) is 11.6 Å². The van der Waals surface area contributed by atoms with Crippen LogP contribution in [-0.2, 0) is 10.0 Å². The van der Waals surface area contributed by atoms with Crippen molar-refractivity contribution in [2.75, 3.05) is 39.8 Å². The molecular weight excluding hydrogens is 456 g/mol. The lowest BCUT2D eigenvalue weighted by atomic mass is 10.0. The van der Waals surface area contributed by atoms with Crippen molar-refractivity contribution in [3.8, 4) is 23.1 Å². The molecule has 2 heterocycles. The summed E-state index contributed by atoms with van der Waals surface area (Å²) in [6.45, 7) is 3.33. The van der Waals surface area contributed by atoms with E-state index in [1.807, 2.05) is 7.05 Å². The SMILES string of the molecule is CN1CCN(C(CNS(=O)(=O)c2ccc(Oc3ccccn3)cc2)c2ccc(O)c(O)c2)CC1. The second-order valence-corrected chi connectivity index (χ2v) is 9.96. The number of benzene rings is 2. The number of hydrogen-bond acceptors (Lipinski definition) is 8. The Bertz CT molecular complexity index is 1200. The van der Waals surface area contributed by atoms with Crippen molar-refractivity contribution in [3.63, 3.8) is 0 Å². The number of nitrogens with one attached hydrogen (secondary N) is 1. The molecule has 10 heteroatoms. The standard InChI is InChI=1S/C24H28N4O5S/c1-27-12-14-28(15-13-27)21(18-5-10-22(29)23(30)16-18)17-26-34(31,32)20-8-6-19(7-9-20)33-24-4-2-3-11-25-24/h2-11,16,21,26,29-30H,12-15,17H2,1H3. The van der Waals surface area contributed by atoms with Crippen molar-refractivity contribution in [1.82, 2.24) is 19.5 Å². The molecule has 1 atom stereocenters. The Morgan fingerprint density at radius 1 is 1.00 bits per heavy atom. The predicted octanol–water partition coefficient (Wildman–Crippen LogP) is 2.55. The quantitative estimate of drug-likeness (QED) is 0.418. The smallest absolute Gasteiger partial charge is 0.240 e. The molecule has 9 nitrogen and oxygen atoms in total. The van der Waals surface area contributed by atoms with Crippen LogP contribution in [-0.4, -0.2) is 73.2 Å². The zero-order valence-corrected chi connectivity index (χ0v) is 19.6. The molecular formula is C24H28N4O5S. The molecule has 3 N–H and O–H groups in total. The van der Waals surface area contributed by atoms with Gasteiger partial charge in [0.25, 0.3) is 0 Å². The minimum atomic E-state index is -3.79. The van der Waals surface area contributed by atoms with Gasteiger partial charge in [0.2, 0.25) is 15.9 Å². The normalized spacial score (nSPS) is 16.3. The summed E-state index contributed by atoms with van der Waals surface area (Å²) >= 11 is 0. The fourth-order valence-corrected chi connectivity index (χ4v) is 4.86. The number of nitrogens with zero attached hydrogens (tertiary/aromatic N) is 3. The van der Waals surface area contributed by atoms with Gasteiger partial charge in [0.1, 0.15) is 5.75 Å². The number of hydrogen-bond donors (Lipinski definition) is 3. The van der Waals surface area contributed by atoms with Gasteiger partial charge in [-0.2, -0.15) is 0 Å². The summed E-state index contributed by atoms with van der Waals surface area (Å²) in [6.07, 6.45) is 1.61. The van der Waals surface area contributed by atoms with Gasteiger partial charge in [0.15, 0.2) is 11.5 Å². The monoisotopic (exact) mass is 484 g/mol. The second kappa shape index (κ2) is 10.4. The van der Waals surface area contributed by atoms with E-state index in [1.165, 1.54) is 24.3 Å². The highest BCUT2D eigenvalue weighted by Gasteiger charge is 2.26. The molecule has 0 amide bonds. The first kappa shape index (κ1) is 24.0. The molecule has 0 saturated carbocycles. The molecule has 1 aliphatic rings. The molecule has 1 saturated heterocycles. The maximum atomic E-state index is 13.0. The Morgan fingerprint density at radius 2 is 1.74 bits per heavy atom. The number of phenols is 2. The molecule has 180 valence electrons. The van der Waals surface area contributed by atoms with E-state index in [2.05, 4.69) is 19.5 Å². The maximum Gasteiger partial charge on any atom is 0.240 e. The zero-order valence-electron chi connectivity index (χ0n) is 18.8. The van der Waals surface area contributed by atoms with E-state index in [4.69, 9.17) is 4.74 Å². The highest BCUT2D eigenvalue weighted by Crippen LogP contribution is 2.31. The molecule has 34 heavy (non-hydrogen) atoms. The molecule has 1 aromatic heterocycles. The number of ether oxygens (including phenoxy) is 1. The molecule has 0 bridgehead atoms. The lowest BCUT2D eigenvalue weighted by molar-refractivity contribution is 0.112. The summed E-state index contributed by atoms with van der Waals surface area (Å²) in [7, 11) is -1.75. The minimum Gasteiger partial charge on any atom is -0.504 e. The van der Waals surface area contributed by atoms with E-state index in [0.29, 0.717) is 11.6 Å². The first-order valence-corrected chi connectivity index (χ1v) is 12.4. The molecule has 3 aromatic rings. The van der Waals surface area contributed by atoms with Crippen LogP contribution in [0.5, 0.6) is 23.1 Å². The average Bonchev–Trinajstić information content (AvgIpc) is 2.83. The van der Waals surface area contributed by atoms with E-state index < -0.39 is 10.0 Å². The van der Waals surface area contributed by atoms with Crippen LogP contribution in [0, 0.1) is 0 Å². The van der Waals surface area contributed by atoms with Gasteiger partial charge in [0.05, 0.1) is 4.90 Å². The minimum absolute atomic E-state index is 0.114. The van der Waals surface area contributed by atoms with Crippen LogP contribution < -0.4 is 9.46 Å². The fourth-order valence-electron chi connectivity index (χ4n) is 3.83. The van der Waals surface area contributed by atoms with Crippen LogP contribution >= 0.6 is 0 Å². The summed E-state index contributed by atoms with van der Waals surface area (Å²) in [4.78, 5) is 8.59. The number of aromatic nitrogens is 1. The van der Waals surface area contributed by atoms with Crippen LogP contribution in [0.2, 0.25) is 0 Å².